The fraction of sp³-hybridized carbons (Fsp3) is 0.524. The molecule has 0 fully saturated rings. The lowest BCUT2D eigenvalue weighted by Gasteiger charge is -2.12. The third-order valence-corrected chi connectivity index (χ3v) is 4.65. The number of aliphatic imine (C=N–C) groups is 1. The molecule has 7 nitrogen and oxygen atoms in total. The molecular formula is C21H31IN4O3. The molecule has 1 atom stereocenters. The highest BCUT2D eigenvalue weighted by atomic mass is 127. The molecule has 160 valence electrons. The van der Waals surface area contributed by atoms with E-state index in [0.717, 1.165) is 41.5 Å². The molecule has 2 heterocycles. The first-order valence-electron chi connectivity index (χ1n) is 9.84. The fourth-order valence-electron chi connectivity index (χ4n) is 3.16. The second-order valence-corrected chi connectivity index (χ2v) is 7.33. The van der Waals surface area contributed by atoms with Crippen LogP contribution in [0.2, 0.25) is 0 Å². The van der Waals surface area contributed by atoms with E-state index in [0.29, 0.717) is 25.0 Å². The van der Waals surface area contributed by atoms with Crippen molar-refractivity contribution < 1.29 is 14.0 Å². The number of hydrogen-bond donors (Lipinski definition) is 2. The van der Waals surface area contributed by atoms with Gasteiger partial charge in [-0.2, -0.15) is 0 Å². The van der Waals surface area contributed by atoms with Crippen molar-refractivity contribution in [3.63, 3.8) is 0 Å². The van der Waals surface area contributed by atoms with Crippen LogP contribution in [0.15, 0.2) is 27.7 Å². The maximum absolute atomic E-state index is 5.87. The van der Waals surface area contributed by atoms with Gasteiger partial charge >= 0.3 is 0 Å². The number of guanidine groups is 1. The molecule has 1 aliphatic heterocycles. The zero-order chi connectivity index (χ0) is 20.1. The SMILES string of the molecule is CCNC(=NCc1cc2c(cc1OC)CC(C)O2)NCc1cc(C(C)C)no1.I. The summed E-state index contributed by atoms with van der Waals surface area (Å²) in [6, 6.07) is 6.07. The Bertz CT molecular complexity index is 835. The van der Waals surface area contributed by atoms with E-state index < -0.39 is 0 Å². The van der Waals surface area contributed by atoms with Crippen molar-refractivity contribution in [3.8, 4) is 11.5 Å². The third kappa shape index (κ3) is 6.01. The highest BCUT2D eigenvalue weighted by Gasteiger charge is 2.21. The highest BCUT2D eigenvalue weighted by molar-refractivity contribution is 14.0. The molecule has 0 radical (unpaired) electrons. The van der Waals surface area contributed by atoms with E-state index in [9.17, 15) is 0 Å². The molecule has 1 unspecified atom stereocenters. The first-order valence-corrected chi connectivity index (χ1v) is 9.84. The van der Waals surface area contributed by atoms with Gasteiger partial charge in [0.1, 0.15) is 17.6 Å². The first-order chi connectivity index (χ1) is 13.5. The van der Waals surface area contributed by atoms with Crippen LogP contribution >= 0.6 is 24.0 Å². The molecule has 1 aromatic heterocycles. The van der Waals surface area contributed by atoms with Crippen molar-refractivity contribution in [3.05, 3.63) is 40.8 Å². The highest BCUT2D eigenvalue weighted by Crippen LogP contribution is 2.35. The summed E-state index contributed by atoms with van der Waals surface area (Å²) in [5, 5.41) is 10.6. The van der Waals surface area contributed by atoms with Crippen LogP contribution in [-0.4, -0.2) is 30.9 Å². The predicted molar refractivity (Wildman–Crippen MR) is 124 cm³/mol. The Hall–Kier alpha value is -1.97. The number of benzene rings is 1. The maximum Gasteiger partial charge on any atom is 0.191 e. The largest absolute Gasteiger partial charge is 0.496 e. The Labute approximate surface area is 189 Å². The van der Waals surface area contributed by atoms with Crippen LogP contribution in [-0.2, 0) is 19.5 Å². The van der Waals surface area contributed by atoms with Crippen LogP contribution in [0.5, 0.6) is 11.5 Å². The quantitative estimate of drug-likeness (QED) is 0.330. The molecule has 2 N–H and O–H groups in total. The lowest BCUT2D eigenvalue weighted by atomic mass is 10.1. The van der Waals surface area contributed by atoms with Gasteiger partial charge in [-0.1, -0.05) is 19.0 Å². The number of nitrogens with zero attached hydrogens (tertiary/aromatic N) is 2. The number of rotatable bonds is 7. The van der Waals surface area contributed by atoms with E-state index in [-0.39, 0.29) is 30.1 Å². The van der Waals surface area contributed by atoms with Crippen LogP contribution < -0.4 is 20.1 Å². The van der Waals surface area contributed by atoms with Gasteiger partial charge in [-0.15, -0.1) is 24.0 Å². The lowest BCUT2D eigenvalue weighted by molar-refractivity contribution is 0.254. The minimum atomic E-state index is 0. The minimum Gasteiger partial charge on any atom is -0.496 e. The molecule has 0 spiro atoms. The summed E-state index contributed by atoms with van der Waals surface area (Å²) < 4.78 is 16.8. The van der Waals surface area contributed by atoms with Gasteiger partial charge in [0.25, 0.3) is 0 Å². The minimum absolute atomic E-state index is 0. The average Bonchev–Trinajstić information content (AvgIpc) is 3.28. The number of methoxy groups -OCH3 is 1. The number of ether oxygens (including phenoxy) is 2. The van der Waals surface area contributed by atoms with Gasteiger partial charge in [0.15, 0.2) is 11.7 Å². The molecule has 0 saturated carbocycles. The van der Waals surface area contributed by atoms with Gasteiger partial charge in [0.2, 0.25) is 0 Å². The third-order valence-electron chi connectivity index (χ3n) is 4.65. The van der Waals surface area contributed by atoms with E-state index in [2.05, 4.69) is 42.6 Å². The molecule has 29 heavy (non-hydrogen) atoms. The summed E-state index contributed by atoms with van der Waals surface area (Å²) >= 11 is 0. The van der Waals surface area contributed by atoms with Gasteiger partial charge in [0, 0.05) is 30.2 Å². The smallest absolute Gasteiger partial charge is 0.191 e. The van der Waals surface area contributed by atoms with Crippen molar-refractivity contribution in [1.29, 1.82) is 0 Å². The molecule has 1 aliphatic rings. The van der Waals surface area contributed by atoms with Crippen molar-refractivity contribution in [2.45, 2.75) is 59.2 Å². The molecule has 0 bridgehead atoms. The van der Waals surface area contributed by atoms with E-state index in [1.54, 1.807) is 7.11 Å². The summed E-state index contributed by atoms with van der Waals surface area (Å²) in [7, 11) is 1.69. The van der Waals surface area contributed by atoms with Gasteiger partial charge in [0.05, 0.1) is 25.9 Å². The normalized spacial score (nSPS) is 15.5. The van der Waals surface area contributed by atoms with Crippen LogP contribution in [0.4, 0.5) is 0 Å². The topological polar surface area (TPSA) is 80.9 Å². The van der Waals surface area contributed by atoms with Crippen molar-refractivity contribution in [1.82, 2.24) is 15.8 Å². The molecule has 3 rings (SSSR count). The number of halogens is 1. The van der Waals surface area contributed by atoms with Crippen LogP contribution in [0, 0.1) is 0 Å². The fourth-order valence-corrected chi connectivity index (χ4v) is 3.16. The van der Waals surface area contributed by atoms with Crippen molar-refractivity contribution in [2.75, 3.05) is 13.7 Å². The monoisotopic (exact) mass is 514 g/mol. The standard InChI is InChI=1S/C21H30N4O3.HI/c1-6-22-21(24-12-17-10-18(13(2)3)25-28-17)23-11-16-9-20-15(7-14(4)27-20)8-19(16)26-5;/h8-10,13-14H,6-7,11-12H2,1-5H3,(H2,22,23,24);1H. The van der Waals surface area contributed by atoms with Crippen LogP contribution in [0.25, 0.3) is 0 Å². The summed E-state index contributed by atoms with van der Waals surface area (Å²) in [6.07, 6.45) is 1.12. The molecule has 0 saturated heterocycles. The average molecular weight is 514 g/mol. The Kier molecular flexibility index (Phi) is 8.60. The van der Waals surface area contributed by atoms with E-state index in [1.165, 1.54) is 5.56 Å². The molecule has 0 aliphatic carbocycles. The molecule has 2 aromatic rings. The molecular weight excluding hydrogens is 483 g/mol. The summed E-state index contributed by atoms with van der Waals surface area (Å²) in [6.45, 7) is 10.1. The Balaban J connectivity index is 0.00000300. The van der Waals surface area contributed by atoms with Gasteiger partial charge in [-0.05, 0) is 31.9 Å². The second kappa shape index (κ2) is 10.7. The van der Waals surface area contributed by atoms with Crippen molar-refractivity contribution >= 4 is 29.9 Å². The van der Waals surface area contributed by atoms with Crippen LogP contribution in [0.3, 0.4) is 0 Å². The van der Waals surface area contributed by atoms with Crippen LogP contribution in [0.1, 0.15) is 56.2 Å². The lowest BCUT2D eigenvalue weighted by Crippen LogP contribution is -2.36. The summed E-state index contributed by atoms with van der Waals surface area (Å²) in [4.78, 5) is 4.69. The van der Waals surface area contributed by atoms with E-state index in [4.69, 9.17) is 19.0 Å². The summed E-state index contributed by atoms with van der Waals surface area (Å²) in [5.41, 5.74) is 3.14. The first kappa shape index (κ1) is 23.3. The maximum atomic E-state index is 5.87. The summed E-state index contributed by atoms with van der Waals surface area (Å²) in [5.74, 6) is 3.61. The zero-order valence-corrected chi connectivity index (χ0v) is 20.1. The van der Waals surface area contributed by atoms with Gasteiger partial charge in [-0.3, -0.25) is 0 Å². The van der Waals surface area contributed by atoms with E-state index >= 15 is 0 Å². The van der Waals surface area contributed by atoms with Gasteiger partial charge < -0.3 is 24.6 Å². The number of aromatic nitrogens is 1. The number of nitrogens with one attached hydrogen (secondary N) is 2. The molecule has 0 amide bonds. The number of hydrogen-bond acceptors (Lipinski definition) is 5. The number of fused-ring (bicyclic) bond motifs is 1. The Morgan fingerprint density at radius 1 is 1.31 bits per heavy atom. The molecule has 8 heteroatoms. The van der Waals surface area contributed by atoms with Crippen molar-refractivity contribution in [2.24, 2.45) is 4.99 Å². The second-order valence-electron chi connectivity index (χ2n) is 7.33. The van der Waals surface area contributed by atoms with E-state index in [1.807, 2.05) is 19.1 Å². The zero-order valence-electron chi connectivity index (χ0n) is 17.7. The Morgan fingerprint density at radius 3 is 2.76 bits per heavy atom. The predicted octanol–water partition coefficient (Wildman–Crippen LogP) is 4.00. The van der Waals surface area contributed by atoms with Gasteiger partial charge in [-0.25, -0.2) is 4.99 Å². The Morgan fingerprint density at radius 2 is 2.10 bits per heavy atom. The molecule has 1 aromatic carbocycles.